The van der Waals surface area contributed by atoms with E-state index in [1.165, 1.54) is 5.06 Å². The van der Waals surface area contributed by atoms with Gasteiger partial charge in [-0.3, -0.25) is 10.3 Å². The fourth-order valence-electron chi connectivity index (χ4n) is 1.49. The molecule has 1 aromatic carbocycles. The Kier molecular flexibility index (Phi) is 5.81. The number of para-hydroxylation sites is 1. The summed E-state index contributed by atoms with van der Waals surface area (Å²) in [5, 5.41) is 11.0. The molecule has 3 heteroatoms. The standard InChI is InChI=1S/C12H20N2O/c13-10-6-1-2-7-11-14(15)12-8-4-3-5-9-12/h3-5,8-9,15H,1-2,6-7,10-11,13H2. The van der Waals surface area contributed by atoms with Crippen molar-refractivity contribution in [2.45, 2.75) is 25.7 Å². The van der Waals surface area contributed by atoms with E-state index in [4.69, 9.17) is 5.73 Å². The van der Waals surface area contributed by atoms with E-state index in [1.807, 2.05) is 30.3 Å². The molecule has 0 spiro atoms. The highest BCUT2D eigenvalue weighted by molar-refractivity contribution is 5.42. The maximum absolute atomic E-state index is 9.69. The lowest BCUT2D eigenvalue weighted by molar-refractivity contribution is 0.251. The predicted octanol–water partition coefficient (Wildman–Crippen LogP) is 2.40. The Hall–Kier alpha value is -1.06. The first kappa shape index (κ1) is 12.0. The van der Waals surface area contributed by atoms with Crippen LogP contribution in [-0.2, 0) is 0 Å². The summed E-state index contributed by atoms with van der Waals surface area (Å²) in [5.74, 6) is 0. The molecule has 0 bridgehead atoms. The number of hydroxylamine groups is 1. The molecule has 1 aromatic rings. The second-order valence-electron chi connectivity index (χ2n) is 3.66. The smallest absolute Gasteiger partial charge is 0.0634 e. The van der Waals surface area contributed by atoms with Gasteiger partial charge in [0.15, 0.2) is 0 Å². The van der Waals surface area contributed by atoms with Crippen LogP contribution in [0.4, 0.5) is 5.69 Å². The SMILES string of the molecule is NCCCCCCN(O)c1ccccc1. The molecule has 0 radical (unpaired) electrons. The van der Waals surface area contributed by atoms with E-state index >= 15 is 0 Å². The van der Waals surface area contributed by atoms with Gasteiger partial charge in [-0.2, -0.15) is 0 Å². The first-order valence-corrected chi connectivity index (χ1v) is 5.56. The quantitative estimate of drug-likeness (QED) is 0.534. The maximum atomic E-state index is 9.69. The fourth-order valence-corrected chi connectivity index (χ4v) is 1.49. The molecule has 0 heterocycles. The second kappa shape index (κ2) is 7.26. The van der Waals surface area contributed by atoms with Gasteiger partial charge < -0.3 is 5.73 Å². The van der Waals surface area contributed by atoms with Gasteiger partial charge in [-0.1, -0.05) is 31.0 Å². The van der Waals surface area contributed by atoms with Crippen molar-refractivity contribution in [2.24, 2.45) is 5.73 Å². The van der Waals surface area contributed by atoms with Gasteiger partial charge in [-0.15, -0.1) is 0 Å². The molecule has 0 aliphatic heterocycles. The van der Waals surface area contributed by atoms with Gasteiger partial charge in [0, 0.05) is 6.54 Å². The predicted molar refractivity (Wildman–Crippen MR) is 63.1 cm³/mol. The molecule has 0 aliphatic rings. The van der Waals surface area contributed by atoms with Crippen molar-refractivity contribution in [2.75, 3.05) is 18.2 Å². The molecule has 0 amide bonds. The largest absolute Gasteiger partial charge is 0.330 e. The molecule has 84 valence electrons. The third-order valence-electron chi connectivity index (χ3n) is 2.38. The van der Waals surface area contributed by atoms with Crippen molar-refractivity contribution in [3.8, 4) is 0 Å². The molecule has 1 rings (SSSR count). The van der Waals surface area contributed by atoms with Crippen LogP contribution in [0.2, 0.25) is 0 Å². The minimum atomic E-state index is 0.689. The second-order valence-corrected chi connectivity index (χ2v) is 3.66. The van der Waals surface area contributed by atoms with Crippen LogP contribution in [0.3, 0.4) is 0 Å². The summed E-state index contributed by atoms with van der Waals surface area (Å²) in [5.41, 5.74) is 6.26. The third kappa shape index (κ3) is 4.81. The summed E-state index contributed by atoms with van der Waals surface area (Å²) < 4.78 is 0. The third-order valence-corrected chi connectivity index (χ3v) is 2.38. The fraction of sp³-hybridized carbons (Fsp3) is 0.500. The molecular weight excluding hydrogens is 188 g/mol. The van der Waals surface area contributed by atoms with Crippen molar-refractivity contribution in [1.82, 2.24) is 0 Å². The van der Waals surface area contributed by atoms with Gasteiger partial charge in [-0.05, 0) is 31.5 Å². The average molecular weight is 208 g/mol. The molecule has 0 atom stereocenters. The Balaban J connectivity index is 2.16. The van der Waals surface area contributed by atoms with Gasteiger partial charge in [0.2, 0.25) is 0 Å². The highest BCUT2D eigenvalue weighted by Gasteiger charge is 2.00. The van der Waals surface area contributed by atoms with Crippen molar-refractivity contribution in [1.29, 1.82) is 0 Å². The number of benzene rings is 1. The van der Waals surface area contributed by atoms with E-state index in [1.54, 1.807) is 0 Å². The van der Waals surface area contributed by atoms with Crippen LogP contribution in [0.1, 0.15) is 25.7 Å². The zero-order chi connectivity index (χ0) is 10.9. The zero-order valence-corrected chi connectivity index (χ0v) is 9.10. The van der Waals surface area contributed by atoms with Crippen LogP contribution in [0.15, 0.2) is 30.3 Å². The van der Waals surface area contributed by atoms with Crippen LogP contribution in [-0.4, -0.2) is 18.3 Å². The van der Waals surface area contributed by atoms with Gasteiger partial charge in [0.25, 0.3) is 0 Å². The van der Waals surface area contributed by atoms with Gasteiger partial charge >= 0.3 is 0 Å². The number of anilines is 1. The Morgan fingerprint density at radius 3 is 2.33 bits per heavy atom. The molecule has 15 heavy (non-hydrogen) atoms. The zero-order valence-electron chi connectivity index (χ0n) is 9.10. The monoisotopic (exact) mass is 208 g/mol. The lowest BCUT2D eigenvalue weighted by Crippen LogP contribution is -2.19. The normalized spacial score (nSPS) is 10.3. The number of hydrogen-bond donors (Lipinski definition) is 2. The van der Waals surface area contributed by atoms with Crippen LogP contribution < -0.4 is 10.8 Å². The van der Waals surface area contributed by atoms with Crippen molar-refractivity contribution in [3.05, 3.63) is 30.3 Å². The van der Waals surface area contributed by atoms with E-state index in [0.717, 1.165) is 37.9 Å². The van der Waals surface area contributed by atoms with E-state index in [0.29, 0.717) is 6.54 Å². The topological polar surface area (TPSA) is 49.5 Å². The van der Waals surface area contributed by atoms with Crippen molar-refractivity contribution in [3.63, 3.8) is 0 Å². The Labute approximate surface area is 91.5 Å². The summed E-state index contributed by atoms with van der Waals surface area (Å²) >= 11 is 0. The summed E-state index contributed by atoms with van der Waals surface area (Å²) in [6.45, 7) is 1.45. The Morgan fingerprint density at radius 1 is 1.00 bits per heavy atom. The van der Waals surface area contributed by atoms with E-state index in [2.05, 4.69) is 0 Å². The number of nitrogens with two attached hydrogens (primary N) is 1. The van der Waals surface area contributed by atoms with Gasteiger partial charge in [0.1, 0.15) is 0 Å². The number of nitrogens with zero attached hydrogens (tertiary/aromatic N) is 1. The molecule has 0 fully saturated rings. The summed E-state index contributed by atoms with van der Waals surface area (Å²) in [4.78, 5) is 0. The molecule has 0 aromatic heterocycles. The van der Waals surface area contributed by atoms with Crippen molar-refractivity contribution >= 4 is 5.69 Å². The lowest BCUT2D eigenvalue weighted by atomic mass is 10.2. The van der Waals surface area contributed by atoms with E-state index in [9.17, 15) is 5.21 Å². The Morgan fingerprint density at radius 2 is 1.67 bits per heavy atom. The Bertz CT molecular complexity index is 251. The minimum absolute atomic E-state index is 0.689. The van der Waals surface area contributed by atoms with Crippen LogP contribution in [0, 0.1) is 0 Å². The molecule has 0 aliphatic carbocycles. The van der Waals surface area contributed by atoms with Crippen LogP contribution in [0.5, 0.6) is 0 Å². The number of unbranched alkanes of at least 4 members (excludes halogenated alkanes) is 3. The highest BCUT2D eigenvalue weighted by atomic mass is 16.5. The van der Waals surface area contributed by atoms with E-state index in [-0.39, 0.29) is 0 Å². The molecule has 0 saturated carbocycles. The summed E-state index contributed by atoms with van der Waals surface area (Å²) in [6, 6.07) is 9.60. The first-order valence-electron chi connectivity index (χ1n) is 5.56. The van der Waals surface area contributed by atoms with Crippen LogP contribution in [0.25, 0.3) is 0 Å². The molecule has 0 unspecified atom stereocenters. The number of rotatable bonds is 7. The maximum Gasteiger partial charge on any atom is 0.0634 e. The molecule has 3 nitrogen and oxygen atoms in total. The number of hydrogen-bond acceptors (Lipinski definition) is 3. The average Bonchev–Trinajstić information content (AvgIpc) is 2.30. The lowest BCUT2D eigenvalue weighted by Gasteiger charge is -2.16. The van der Waals surface area contributed by atoms with Crippen LogP contribution >= 0.6 is 0 Å². The first-order chi connectivity index (χ1) is 7.34. The van der Waals surface area contributed by atoms with Crippen molar-refractivity contribution < 1.29 is 5.21 Å². The molecule has 0 saturated heterocycles. The van der Waals surface area contributed by atoms with Gasteiger partial charge in [0.05, 0.1) is 5.69 Å². The van der Waals surface area contributed by atoms with E-state index < -0.39 is 0 Å². The molecule has 3 N–H and O–H groups in total. The summed E-state index contributed by atoms with van der Waals surface area (Å²) in [7, 11) is 0. The highest BCUT2D eigenvalue weighted by Crippen LogP contribution is 2.11. The minimum Gasteiger partial charge on any atom is -0.330 e. The molecular formula is C12H20N2O. The summed E-state index contributed by atoms with van der Waals surface area (Å²) in [6.07, 6.45) is 4.36. The van der Waals surface area contributed by atoms with Gasteiger partial charge in [-0.25, -0.2) is 0 Å².